The smallest absolute Gasteiger partial charge is 0.346 e. The van der Waals surface area contributed by atoms with Gasteiger partial charge in [0.15, 0.2) is 0 Å². The first kappa shape index (κ1) is 7.86. The van der Waals surface area contributed by atoms with Gasteiger partial charge >= 0.3 is 5.63 Å². The van der Waals surface area contributed by atoms with E-state index in [1.807, 2.05) is 12.1 Å². The zero-order valence-corrected chi connectivity index (χ0v) is 7.11. The molecule has 0 unspecified atom stereocenters. The second-order valence-corrected chi connectivity index (χ2v) is 2.64. The summed E-state index contributed by atoms with van der Waals surface area (Å²) in [4.78, 5) is 11.3. The molecule has 0 aliphatic rings. The van der Waals surface area contributed by atoms with Crippen LogP contribution in [0.4, 0.5) is 0 Å². The summed E-state index contributed by atoms with van der Waals surface area (Å²) in [7, 11) is 1.47. The predicted molar refractivity (Wildman–Crippen MR) is 49.0 cm³/mol. The SMILES string of the molecule is COc1cc2ccccc2c(=O)o1. The second-order valence-electron chi connectivity index (χ2n) is 2.64. The third-order valence-corrected chi connectivity index (χ3v) is 1.85. The highest BCUT2D eigenvalue weighted by atomic mass is 16.6. The second kappa shape index (κ2) is 2.94. The highest BCUT2D eigenvalue weighted by Gasteiger charge is 2.02. The maximum atomic E-state index is 11.3. The van der Waals surface area contributed by atoms with Crippen molar-refractivity contribution in [1.82, 2.24) is 0 Å². The molecule has 3 heteroatoms. The number of methoxy groups -OCH3 is 1. The lowest BCUT2D eigenvalue weighted by Crippen LogP contribution is -2.00. The highest BCUT2D eigenvalue weighted by molar-refractivity contribution is 5.81. The van der Waals surface area contributed by atoms with Crippen LogP contribution in [0.5, 0.6) is 5.95 Å². The van der Waals surface area contributed by atoms with Crippen LogP contribution in [0.3, 0.4) is 0 Å². The molecule has 66 valence electrons. The van der Waals surface area contributed by atoms with Gasteiger partial charge < -0.3 is 9.15 Å². The quantitative estimate of drug-likeness (QED) is 0.665. The lowest BCUT2D eigenvalue weighted by Gasteiger charge is -1.98. The van der Waals surface area contributed by atoms with Crippen LogP contribution in [0.15, 0.2) is 39.5 Å². The average molecular weight is 176 g/mol. The summed E-state index contributed by atoms with van der Waals surface area (Å²) in [5.41, 5.74) is -0.366. The van der Waals surface area contributed by atoms with Gasteiger partial charge in [0, 0.05) is 6.07 Å². The molecule has 0 fully saturated rings. The Bertz CT molecular complexity index is 485. The van der Waals surface area contributed by atoms with E-state index in [9.17, 15) is 4.79 Å². The van der Waals surface area contributed by atoms with Crippen LogP contribution >= 0.6 is 0 Å². The monoisotopic (exact) mass is 176 g/mol. The van der Waals surface area contributed by atoms with Crippen LogP contribution in [0.2, 0.25) is 0 Å². The van der Waals surface area contributed by atoms with Gasteiger partial charge in [0.2, 0.25) is 0 Å². The van der Waals surface area contributed by atoms with Crippen LogP contribution in [0.25, 0.3) is 10.8 Å². The van der Waals surface area contributed by atoms with Crippen molar-refractivity contribution in [2.45, 2.75) is 0 Å². The van der Waals surface area contributed by atoms with E-state index in [1.54, 1.807) is 18.2 Å². The molecule has 1 aromatic heterocycles. The normalized spacial score (nSPS) is 10.2. The van der Waals surface area contributed by atoms with E-state index in [2.05, 4.69) is 0 Å². The van der Waals surface area contributed by atoms with Crippen molar-refractivity contribution in [3.05, 3.63) is 40.8 Å². The number of hydrogen-bond acceptors (Lipinski definition) is 3. The van der Waals surface area contributed by atoms with Crippen molar-refractivity contribution in [2.75, 3.05) is 7.11 Å². The molecule has 2 rings (SSSR count). The summed E-state index contributed by atoms with van der Waals surface area (Å²) >= 11 is 0. The molecular formula is C10H8O3. The van der Waals surface area contributed by atoms with Crippen LogP contribution in [0.1, 0.15) is 0 Å². The molecule has 2 aromatic rings. The van der Waals surface area contributed by atoms with Crippen molar-refractivity contribution < 1.29 is 9.15 Å². The molecule has 0 spiro atoms. The summed E-state index contributed by atoms with van der Waals surface area (Å²) in [5.74, 6) is 0.240. The summed E-state index contributed by atoms with van der Waals surface area (Å²) < 4.78 is 9.70. The Labute approximate surface area is 74.6 Å². The van der Waals surface area contributed by atoms with Crippen LogP contribution in [0, 0.1) is 0 Å². The minimum Gasteiger partial charge on any atom is -0.468 e. The predicted octanol–water partition coefficient (Wildman–Crippen LogP) is 1.80. The van der Waals surface area contributed by atoms with Crippen LogP contribution < -0.4 is 10.4 Å². The minimum atomic E-state index is -0.366. The number of rotatable bonds is 1. The minimum absolute atomic E-state index is 0.240. The fourth-order valence-electron chi connectivity index (χ4n) is 1.21. The zero-order valence-electron chi connectivity index (χ0n) is 7.11. The average Bonchev–Trinajstić information content (AvgIpc) is 2.18. The van der Waals surface area contributed by atoms with Gasteiger partial charge in [0.25, 0.3) is 5.95 Å². The number of fused-ring (bicyclic) bond motifs is 1. The van der Waals surface area contributed by atoms with Crippen LogP contribution in [-0.2, 0) is 0 Å². The van der Waals surface area contributed by atoms with Crippen molar-refractivity contribution in [3.63, 3.8) is 0 Å². The molecular weight excluding hydrogens is 168 g/mol. The van der Waals surface area contributed by atoms with E-state index >= 15 is 0 Å². The Kier molecular flexibility index (Phi) is 1.77. The van der Waals surface area contributed by atoms with Gasteiger partial charge in [-0.2, -0.15) is 0 Å². The first-order valence-corrected chi connectivity index (χ1v) is 3.88. The Morgan fingerprint density at radius 1 is 1.31 bits per heavy atom. The number of benzene rings is 1. The summed E-state index contributed by atoms with van der Waals surface area (Å²) in [6, 6.07) is 8.92. The molecule has 1 heterocycles. The molecule has 0 aliphatic heterocycles. The Hall–Kier alpha value is -1.77. The topological polar surface area (TPSA) is 39.4 Å². The molecule has 3 nitrogen and oxygen atoms in total. The fraction of sp³-hybridized carbons (Fsp3) is 0.100. The van der Waals surface area contributed by atoms with Crippen molar-refractivity contribution in [1.29, 1.82) is 0 Å². The molecule has 13 heavy (non-hydrogen) atoms. The van der Waals surface area contributed by atoms with E-state index in [0.717, 1.165) is 5.39 Å². The van der Waals surface area contributed by atoms with Crippen LogP contribution in [-0.4, -0.2) is 7.11 Å². The maximum Gasteiger partial charge on any atom is 0.346 e. The van der Waals surface area contributed by atoms with Crippen molar-refractivity contribution >= 4 is 10.8 Å². The Morgan fingerprint density at radius 2 is 2.08 bits per heavy atom. The lowest BCUT2D eigenvalue weighted by atomic mass is 10.2. The van der Waals surface area contributed by atoms with Gasteiger partial charge in [-0.3, -0.25) is 0 Å². The zero-order chi connectivity index (χ0) is 9.26. The molecule has 0 N–H and O–H groups in total. The first-order chi connectivity index (χ1) is 6.31. The van der Waals surface area contributed by atoms with Gasteiger partial charge in [0.1, 0.15) is 0 Å². The van der Waals surface area contributed by atoms with Gasteiger partial charge in [-0.15, -0.1) is 0 Å². The third-order valence-electron chi connectivity index (χ3n) is 1.85. The number of hydrogen-bond donors (Lipinski definition) is 0. The molecule has 0 aliphatic carbocycles. The van der Waals surface area contributed by atoms with Crippen molar-refractivity contribution in [2.24, 2.45) is 0 Å². The van der Waals surface area contributed by atoms with E-state index < -0.39 is 0 Å². The standard InChI is InChI=1S/C10H8O3/c1-12-9-6-7-4-2-3-5-8(7)10(11)13-9/h2-6H,1H3. The molecule has 0 radical (unpaired) electrons. The largest absolute Gasteiger partial charge is 0.468 e. The van der Waals surface area contributed by atoms with E-state index in [0.29, 0.717) is 5.39 Å². The summed E-state index contributed by atoms with van der Waals surface area (Å²) in [6.45, 7) is 0. The van der Waals surface area contributed by atoms with E-state index in [4.69, 9.17) is 9.15 Å². The molecule has 0 atom stereocenters. The first-order valence-electron chi connectivity index (χ1n) is 3.88. The molecule has 0 bridgehead atoms. The van der Waals surface area contributed by atoms with Gasteiger partial charge in [-0.05, 0) is 11.5 Å². The third kappa shape index (κ3) is 1.28. The van der Waals surface area contributed by atoms with E-state index in [-0.39, 0.29) is 11.6 Å². The molecule has 0 amide bonds. The summed E-state index contributed by atoms with van der Waals surface area (Å²) in [5, 5.41) is 1.40. The van der Waals surface area contributed by atoms with Gasteiger partial charge in [-0.25, -0.2) is 4.79 Å². The maximum absolute atomic E-state index is 11.3. The molecule has 0 saturated heterocycles. The van der Waals surface area contributed by atoms with E-state index in [1.165, 1.54) is 7.11 Å². The number of ether oxygens (including phenoxy) is 1. The van der Waals surface area contributed by atoms with Gasteiger partial charge in [-0.1, -0.05) is 18.2 Å². The fourth-order valence-corrected chi connectivity index (χ4v) is 1.21. The molecule has 0 saturated carbocycles. The highest BCUT2D eigenvalue weighted by Crippen LogP contribution is 2.15. The summed E-state index contributed by atoms with van der Waals surface area (Å²) in [6.07, 6.45) is 0. The lowest BCUT2D eigenvalue weighted by molar-refractivity contribution is 0.289. The van der Waals surface area contributed by atoms with Gasteiger partial charge in [0.05, 0.1) is 12.5 Å². The molecule has 1 aromatic carbocycles. The Balaban J connectivity index is 2.85. The van der Waals surface area contributed by atoms with Crippen molar-refractivity contribution in [3.8, 4) is 5.95 Å². The Morgan fingerprint density at radius 3 is 2.85 bits per heavy atom.